The smallest absolute Gasteiger partial charge is 0.455 e. The van der Waals surface area contributed by atoms with Crippen LogP contribution in [0.1, 0.15) is 23.7 Å². The van der Waals surface area contributed by atoms with Gasteiger partial charge in [-0.15, -0.1) is 0 Å². The van der Waals surface area contributed by atoms with Crippen molar-refractivity contribution >= 4 is 21.4 Å². The first-order valence-corrected chi connectivity index (χ1v) is 8.91. The Hall–Kier alpha value is -1.84. The molecule has 0 spiro atoms. The molecule has 10 heteroatoms. The monoisotopic (exact) mass is 393 g/mol. The average Bonchev–Trinajstić information content (AvgIpc) is 2.89. The molecule has 1 heterocycles. The Morgan fingerprint density at radius 1 is 1.28 bits per heavy atom. The quantitative estimate of drug-likeness (QED) is 0.858. The fraction of sp³-hybridized carbons (Fsp3) is 0.267. The van der Waals surface area contributed by atoms with E-state index in [1.165, 1.54) is 18.5 Å². The van der Waals surface area contributed by atoms with Crippen LogP contribution in [-0.4, -0.2) is 24.0 Å². The van der Waals surface area contributed by atoms with E-state index in [2.05, 4.69) is 4.98 Å². The lowest BCUT2D eigenvalue weighted by atomic mass is 10.1. The van der Waals surface area contributed by atoms with Crippen molar-refractivity contribution in [1.29, 1.82) is 0 Å². The van der Waals surface area contributed by atoms with Gasteiger partial charge in [0.25, 0.3) is 9.84 Å². The second-order valence-corrected chi connectivity index (χ2v) is 7.74. The molecule has 25 heavy (non-hydrogen) atoms. The maximum Gasteiger partial charge on any atom is 0.501 e. The van der Waals surface area contributed by atoms with E-state index in [0.717, 1.165) is 12.1 Å². The molecule has 1 aliphatic rings. The number of alkyl halides is 3. The summed E-state index contributed by atoms with van der Waals surface area (Å²) in [6, 6.07) is 3.38. The molecule has 0 fully saturated rings. The number of aliphatic hydroxyl groups excluding tert-OH is 1. The minimum absolute atomic E-state index is 0.101. The van der Waals surface area contributed by atoms with Gasteiger partial charge < -0.3 is 9.84 Å². The van der Waals surface area contributed by atoms with Crippen molar-refractivity contribution in [3.63, 3.8) is 0 Å². The van der Waals surface area contributed by atoms with Crippen molar-refractivity contribution < 1.29 is 31.4 Å². The highest BCUT2D eigenvalue weighted by molar-refractivity contribution is 7.92. The van der Waals surface area contributed by atoms with Crippen molar-refractivity contribution in [3.8, 4) is 11.5 Å². The van der Waals surface area contributed by atoms with Crippen molar-refractivity contribution in [2.45, 2.75) is 29.3 Å². The van der Waals surface area contributed by atoms with Gasteiger partial charge in [0.2, 0.25) is 0 Å². The third kappa shape index (κ3) is 3.19. The number of ether oxygens (including phenoxy) is 1. The summed E-state index contributed by atoms with van der Waals surface area (Å²) < 4.78 is 67.8. The fourth-order valence-corrected chi connectivity index (χ4v) is 3.91. The van der Waals surface area contributed by atoms with Gasteiger partial charge in [-0.25, -0.2) is 8.42 Å². The first kappa shape index (κ1) is 18.0. The maximum atomic E-state index is 12.9. The summed E-state index contributed by atoms with van der Waals surface area (Å²) in [4.78, 5) is 2.88. The normalized spacial score (nSPS) is 17.4. The molecular weight excluding hydrogens is 383 g/mol. The van der Waals surface area contributed by atoms with Crippen LogP contribution in [0.4, 0.5) is 13.2 Å². The lowest BCUT2D eigenvalue weighted by Gasteiger charge is -2.17. The number of nitrogens with zero attached hydrogens (tertiary/aromatic N) is 1. The van der Waals surface area contributed by atoms with Crippen LogP contribution in [0.25, 0.3) is 0 Å². The third-order valence-electron chi connectivity index (χ3n) is 3.78. The van der Waals surface area contributed by atoms with Crippen LogP contribution >= 0.6 is 11.6 Å². The Morgan fingerprint density at radius 2 is 2.00 bits per heavy atom. The van der Waals surface area contributed by atoms with E-state index < -0.39 is 26.3 Å². The number of sulfone groups is 1. The number of hydrogen-bond donors (Lipinski definition) is 1. The Labute approximate surface area is 145 Å². The van der Waals surface area contributed by atoms with Gasteiger partial charge in [-0.1, -0.05) is 11.6 Å². The van der Waals surface area contributed by atoms with Gasteiger partial charge >= 0.3 is 5.51 Å². The standard InChI is InChI=1S/C15H11ClF3NO4S/c16-8-5-9(7-20-6-8)24-12-3-4-13(25(22,23)15(17,18)19)14-10(12)1-2-11(14)21/h3-7,11,21H,1-2H2. The molecule has 1 aromatic carbocycles. The van der Waals surface area contributed by atoms with Crippen molar-refractivity contribution in [1.82, 2.24) is 4.98 Å². The van der Waals surface area contributed by atoms with Gasteiger partial charge in [0.05, 0.1) is 22.2 Å². The molecule has 2 aromatic rings. The van der Waals surface area contributed by atoms with E-state index in [1.54, 1.807) is 0 Å². The Balaban J connectivity index is 2.11. The number of benzene rings is 1. The van der Waals surface area contributed by atoms with Crippen LogP contribution < -0.4 is 4.74 Å². The lowest BCUT2D eigenvalue weighted by Crippen LogP contribution is -2.24. The molecular formula is C15H11ClF3NO4S. The van der Waals surface area contributed by atoms with Crippen LogP contribution in [-0.2, 0) is 16.3 Å². The van der Waals surface area contributed by atoms with Crippen molar-refractivity contribution in [2.24, 2.45) is 0 Å². The zero-order chi connectivity index (χ0) is 18.4. The van der Waals surface area contributed by atoms with E-state index in [4.69, 9.17) is 16.3 Å². The first-order chi connectivity index (χ1) is 11.6. The number of aromatic nitrogens is 1. The molecule has 1 atom stereocenters. The SMILES string of the molecule is O=S(=O)(c1ccc(Oc2cncc(Cl)c2)c2c1C(O)CC2)C(F)(F)F. The molecule has 0 amide bonds. The van der Waals surface area contributed by atoms with Gasteiger partial charge in [0.1, 0.15) is 11.5 Å². The number of hydrogen-bond acceptors (Lipinski definition) is 5. The Kier molecular flexibility index (Phi) is 4.42. The van der Waals surface area contributed by atoms with E-state index in [0.29, 0.717) is 5.02 Å². The summed E-state index contributed by atoms with van der Waals surface area (Å²) in [5.74, 6) is 0.388. The van der Waals surface area contributed by atoms with E-state index in [9.17, 15) is 26.7 Å². The van der Waals surface area contributed by atoms with Gasteiger partial charge in [0, 0.05) is 23.4 Å². The highest BCUT2D eigenvalue weighted by Crippen LogP contribution is 2.45. The molecule has 0 saturated carbocycles. The zero-order valence-corrected chi connectivity index (χ0v) is 14.0. The highest BCUT2D eigenvalue weighted by atomic mass is 35.5. The predicted octanol–water partition coefficient (Wildman–Crippen LogP) is 3.80. The zero-order valence-electron chi connectivity index (χ0n) is 12.4. The summed E-state index contributed by atoms with van der Waals surface area (Å²) in [5.41, 5.74) is -5.51. The topological polar surface area (TPSA) is 76.5 Å². The van der Waals surface area contributed by atoms with Gasteiger partial charge in [-0.05, 0) is 25.0 Å². The van der Waals surface area contributed by atoms with E-state index >= 15 is 0 Å². The maximum absolute atomic E-state index is 12.9. The van der Waals surface area contributed by atoms with Gasteiger partial charge in [-0.3, -0.25) is 4.98 Å². The van der Waals surface area contributed by atoms with Crippen LogP contribution in [0.3, 0.4) is 0 Å². The second-order valence-electron chi connectivity index (χ2n) is 5.40. The number of rotatable bonds is 3. The minimum Gasteiger partial charge on any atom is -0.455 e. The van der Waals surface area contributed by atoms with Crippen LogP contribution in [0.2, 0.25) is 5.02 Å². The molecule has 1 aromatic heterocycles. The molecule has 0 bridgehead atoms. The van der Waals surface area contributed by atoms with Gasteiger partial charge in [-0.2, -0.15) is 13.2 Å². The lowest BCUT2D eigenvalue weighted by molar-refractivity contribution is -0.0437. The molecule has 1 aliphatic carbocycles. The summed E-state index contributed by atoms with van der Waals surface area (Å²) in [6.07, 6.45) is 1.69. The number of halogens is 4. The third-order valence-corrected chi connectivity index (χ3v) is 5.53. The molecule has 3 rings (SSSR count). The molecule has 5 nitrogen and oxygen atoms in total. The Bertz CT molecular complexity index is 931. The predicted molar refractivity (Wildman–Crippen MR) is 82.3 cm³/mol. The van der Waals surface area contributed by atoms with Crippen molar-refractivity contribution in [3.05, 3.63) is 46.7 Å². The minimum atomic E-state index is -5.58. The van der Waals surface area contributed by atoms with Crippen LogP contribution in [0.15, 0.2) is 35.5 Å². The summed E-state index contributed by atoms with van der Waals surface area (Å²) >= 11 is 5.80. The largest absolute Gasteiger partial charge is 0.501 e. The summed E-state index contributed by atoms with van der Waals surface area (Å²) in [5, 5.41) is 10.3. The number of pyridine rings is 1. The molecule has 0 saturated heterocycles. The van der Waals surface area contributed by atoms with Crippen LogP contribution in [0, 0.1) is 0 Å². The molecule has 0 aliphatic heterocycles. The molecule has 1 unspecified atom stereocenters. The molecule has 134 valence electrons. The van der Waals surface area contributed by atoms with Crippen LogP contribution in [0.5, 0.6) is 11.5 Å². The highest BCUT2D eigenvalue weighted by Gasteiger charge is 2.49. The summed E-state index contributed by atoms with van der Waals surface area (Å²) in [7, 11) is -5.58. The van der Waals surface area contributed by atoms with Crippen molar-refractivity contribution in [2.75, 3.05) is 0 Å². The molecule has 0 radical (unpaired) electrons. The Morgan fingerprint density at radius 3 is 2.64 bits per heavy atom. The van der Waals surface area contributed by atoms with Gasteiger partial charge in [0.15, 0.2) is 0 Å². The average molecular weight is 394 g/mol. The van der Waals surface area contributed by atoms with E-state index in [1.807, 2.05) is 0 Å². The number of fused-ring (bicyclic) bond motifs is 1. The molecule has 1 N–H and O–H groups in total. The van der Waals surface area contributed by atoms with E-state index in [-0.39, 0.29) is 35.5 Å². The first-order valence-electron chi connectivity index (χ1n) is 7.05. The number of aliphatic hydroxyl groups is 1. The summed E-state index contributed by atoms with van der Waals surface area (Å²) in [6.45, 7) is 0. The second kappa shape index (κ2) is 6.15. The fourth-order valence-electron chi connectivity index (χ4n) is 2.70.